The summed E-state index contributed by atoms with van der Waals surface area (Å²) in [6.45, 7) is -1.84. The van der Waals surface area contributed by atoms with Crippen LogP contribution in [0, 0.1) is 0 Å². The average Bonchev–Trinajstić information content (AvgIpc) is 3.08. The molecule has 0 aromatic carbocycles. The first kappa shape index (κ1) is 43.8. The number of carboxylic acids is 1. The van der Waals surface area contributed by atoms with E-state index < -0.39 is 165 Å². The van der Waals surface area contributed by atoms with Crippen LogP contribution in [-0.2, 0) is 57.3 Å². The summed E-state index contributed by atoms with van der Waals surface area (Å²) >= 11 is 0. The molecule has 308 valence electrons. The Morgan fingerprint density at radius 2 is 1.08 bits per heavy atom. The molecule has 4 saturated heterocycles. The lowest BCUT2D eigenvalue weighted by Gasteiger charge is -2.49. The predicted molar refractivity (Wildman–Crippen MR) is 156 cm³/mol. The van der Waals surface area contributed by atoms with E-state index in [1.807, 2.05) is 0 Å². The Labute approximate surface area is 298 Å². The van der Waals surface area contributed by atoms with Crippen LogP contribution in [0.4, 0.5) is 0 Å². The van der Waals surface area contributed by atoms with Gasteiger partial charge < -0.3 is 99.8 Å². The first-order valence-corrected chi connectivity index (χ1v) is 17.1. The first-order chi connectivity index (χ1) is 24.7. The molecule has 0 spiro atoms. The number of aliphatic hydroxyl groups is 11. The fourth-order valence-electron chi connectivity index (χ4n) is 6.16. The maximum Gasteiger partial charge on any atom is 0.397 e. The van der Waals surface area contributed by atoms with Gasteiger partial charge in [0.2, 0.25) is 5.91 Å². The summed E-state index contributed by atoms with van der Waals surface area (Å²) in [5, 5.41) is 127. The van der Waals surface area contributed by atoms with E-state index in [2.05, 4.69) is 9.50 Å². The van der Waals surface area contributed by atoms with E-state index in [-0.39, 0.29) is 0 Å². The van der Waals surface area contributed by atoms with Crippen molar-refractivity contribution in [3.63, 3.8) is 0 Å². The molecule has 0 saturated carbocycles. The topological polar surface area (TPSA) is 417 Å². The third kappa shape index (κ3) is 9.73. The SMILES string of the molecule is CC(=O)N[C@H]1C(O)O[C@H](CO)[C@H](O)[C@@H]1O[C@@H]1O[C@H](CO)[C@H](O[C@@H]2O[C@H](CO)[C@H](O)[C@H](O[C@@H]3O[C@H](C(=O)O)[C@@H](O)[C@H](OS(=O)(=O)O)[C@H]3O)[C@H]2O)[C@H](O)[C@H]1O. The zero-order valence-electron chi connectivity index (χ0n) is 27.3. The summed E-state index contributed by atoms with van der Waals surface area (Å²) in [6.07, 6.45) is -38.8. The minimum Gasteiger partial charge on any atom is -0.479 e. The number of ether oxygens (including phenoxy) is 7. The molecule has 0 aromatic rings. The van der Waals surface area contributed by atoms with Crippen molar-refractivity contribution in [1.82, 2.24) is 5.32 Å². The standard InChI is InChI=1S/C26H43NO25S/c1-5(31)27-9-18(10(32)6(2-28)45-23(9)41)49-24-13(35)12(34)17(8(4-30)47-24)48-25-15(37)19(11(33)7(3-29)46-25)50-26-16(38)20(52-53(42,43)44)14(36)21(51-26)22(39)40/h6-21,23-26,28-30,32-38,41H,2-4H2,1H3,(H,27,31)(H,39,40)(H,42,43,44)/t6-,7-,8-,9-,10+,11+,12-,13-,14+,15-,16-,17+,18-,19+,20+,21+,23?,24+,25+,26-/m1/s1. The second-order valence-electron chi connectivity index (χ2n) is 12.4. The molecule has 53 heavy (non-hydrogen) atoms. The highest BCUT2D eigenvalue weighted by Crippen LogP contribution is 2.34. The summed E-state index contributed by atoms with van der Waals surface area (Å²) in [7, 11) is -5.44. The van der Waals surface area contributed by atoms with E-state index in [0.717, 1.165) is 6.92 Å². The van der Waals surface area contributed by atoms with Gasteiger partial charge in [0.25, 0.3) is 0 Å². The van der Waals surface area contributed by atoms with E-state index in [9.17, 15) is 79.3 Å². The Hall–Kier alpha value is -1.91. The van der Waals surface area contributed by atoms with Crippen LogP contribution >= 0.6 is 0 Å². The number of rotatable bonds is 13. The number of amides is 1. The number of hydrogen-bond donors (Lipinski definition) is 14. The molecule has 27 heteroatoms. The smallest absolute Gasteiger partial charge is 0.397 e. The molecule has 20 atom stereocenters. The van der Waals surface area contributed by atoms with Gasteiger partial charge in [-0.15, -0.1) is 0 Å². The Bertz CT molecular complexity index is 1340. The lowest BCUT2D eigenvalue weighted by molar-refractivity contribution is -0.384. The highest BCUT2D eigenvalue weighted by molar-refractivity contribution is 7.80. The van der Waals surface area contributed by atoms with Gasteiger partial charge >= 0.3 is 16.4 Å². The van der Waals surface area contributed by atoms with Crippen molar-refractivity contribution < 1.29 is 121 Å². The van der Waals surface area contributed by atoms with Gasteiger partial charge in [-0.1, -0.05) is 0 Å². The van der Waals surface area contributed by atoms with Crippen LogP contribution in [0.2, 0.25) is 0 Å². The number of carboxylic acid groups (broad SMARTS) is 1. The van der Waals surface area contributed by atoms with Crippen LogP contribution < -0.4 is 5.32 Å². The van der Waals surface area contributed by atoms with Crippen molar-refractivity contribution in [3.05, 3.63) is 0 Å². The third-order valence-electron chi connectivity index (χ3n) is 8.78. The molecular formula is C26H43NO25S. The van der Waals surface area contributed by atoms with Crippen LogP contribution in [0.3, 0.4) is 0 Å². The second kappa shape index (κ2) is 17.9. The zero-order chi connectivity index (χ0) is 39.7. The van der Waals surface area contributed by atoms with Gasteiger partial charge in [-0.3, -0.25) is 9.35 Å². The highest BCUT2D eigenvalue weighted by atomic mass is 32.3. The van der Waals surface area contributed by atoms with Gasteiger partial charge in [-0.05, 0) is 0 Å². The highest BCUT2D eigenvalue weighted by Gasteiger charge is 2.56. The second-order valence-corrected chi connectivity index (χ2v) is 13.5. The van der Waals surface area contributed by atoms with Crippen molar-refractivity contribution in [2.45, 2.75) is 130 Å². The molecule has 1 amide bonds. The molecule has 4 heterocycles. The van der Waals surface area contributed by atoms with Crippen molar-refractivity contribution >= 4 is 22.3 Å². The summed E-state index contributed by atoms with van der Waals surface area (Å²) in [5.74, 6) is -2.66. The predicted octanol–water partition coefficient (Wildman–Crippen LogP) is -9.69. The number of carbonyl (C=O) groups excluding carboxylic acids is 1. The summed E-state index contributed by atoms with van der Waals surface area (Å²) in [5.41, 5.74) is 0. The Morgan fingerprint density at radius 3 is 1.62 bits per heavy atom. The van der Waals surface area contributed by atoms with E-state index in [1.165, 1.54) is 0 Å². The summed E-state index contributed by atoms with van der Waals surface area (Å²) in [6, 6.07) is -1.51. The molecule has 4 fully saturated rings. The number of aliphatic carboxylic acids is 1. The van der Waals surface area contributed by atoms with E-state index in [0.29, 0.717) is 0 Å². The van der Waals surface area contributed by atoms with E-state index in [1.54, 1.807) is 0 Å². The fraction of sp³-hybridized carbons (Fsp3) is 0.923. The average molecular weight is 802 g/mol. The molecule has 4 rings (SSSR count). The molecule has 0 bridgehead atoms. The van der Waals surface area contributed by atoms with Gasteiger partial charge in [0.1, 0.15) is 91.5 Å². The molecular weight excluding hydrogens is 758 g/mol. The molecule has 4 aliphatic rings. The van der Waals surface area contributed by atoms with Crippen LogP contribution in [0.25, 0.3) is 0 Å². The molecule has 0 radical (unpaired) electrons. The number of carbonyl (C=O) groups is 2. The summed E-state index contributed by atoms with van der Waals surface area (Å²) < 4.78 is 73.5. The van der Waals surface area contributed by atoms with Crippen LogP contribution in [-0.4, -0.2) is 229 Å². The van der Waals surface area contributed by atoms with Crippen molar-refractivity contribution in [2.24, 2.45) is 0 Å². The van der Waals surface area contributed by atoms with Crippen molar-refractivity contribution in [1.29, 1.82) is 0 Å². The van der Waals surface area contributed by atoms with E-state index in [4.69, 9.17) is 37.7 Å². The Balaban J connectivity index is 1.54. The lowest BCUT2D eigenvalue weighted by atomic mass is 9.95. The fourth-order valence-corrected chi connectivity index (χ4v) is 6.67. The minimum atomic E-state index is -5.44. The van der Waals surface area contributed by atoms with Gasteiger partial charge in [0.05, 0.1) is 19.8 Å². The van der Waals surface area contributed by atoms with Gasteiger partial charge in [0.15, 0.2) is 31.3 Å². The Morgan fingerprint density at radius 1 is 0.604 bits per heavy atom. The number of hydrogen-bond acceptors (Lipinski definition) is 23. The molecule has 1 unspecified atom stereocenters. The van der Waals surface area contributed by atoms with Crippen molar-refractivity contribution in [3.8, 4) is 0 Å². The quantitative estimate of drug-likeness (QED) is 0.0769. The van der Waals surface area contributed by atoms with Crippen LogP contribution in [0.1, 0.15) is 6.92 Å². The van der Waals surface area contributed by atoms with E-state index >= 15 is 0 Å². The molecule has 0 aliphatic carbocycles. The van der Waals surface area contributed by atoms with Gasteiger partial charge in [0, 0.05) is 6.92 Å². The van der Waals surface area contributed by atoms with Crippen LogP contribution in [0.5, 0.6) is 0 Å². The molecule has 26 nitrogen and oxygen atoms in total. The molecule has 0 aromatic heterocycles. The maximum atomic E-state index is 11.8. The maximum absolute atomic E-state index is 11.8. The monoisotopic (exact) mass is 801 g/mol. The molecule has 4 aliphatic heterocycles. The number of aliphatic hydroxyl groups excluding tert-OH is 11. The largest absolute Gasteiger partial charge is 0.479 e. The first-order valence-electron chi connectivity index (χ1n) is 15.7. The van der Waals surface area contributed by atoms with Gasteiger partial charge in [-0.2, -0.15) is 8.42 Å². The van der Waals surface area contributed by atoms with Crippen LogP contribution in [0.15, 0.2) is 0 Å². The number of nitrogens with one attached hydrogen (secondary N) is 1. The normalized spacial score (nSPS) is 46.8. The Kier molecular flexibility index (Phi) is 14.8. The van der Waals surface area contributed by atoms with Gasteiger partial charge in [-0.25, -0.2) is 8.98 Å². The molecule has 14 N–H and O–H groups in total. The zero-order valence-corrected chi connectivity index (χ0v) is 28.1. The third-order valence-corrected chi connectivity index (χ3v) is 9.24. The van der Waals surface area contributed by atoms with Crippen molar-refractivity contribution in [2.75, 3.05) is 19.8 Å². The summed E-state index contributed by atoms with van der Waals surface area (Å²) in [4.78, 5) is 23.5. The lowest BCUT2D eigenvalue weighted by Crippen LogP contribution is -2.69. The minimum absolute atomic E-state index is 0.720.